The van der Waals surface area contributed by atoms with E-state index in [1.54, 1.807) is 18.2 Å². The van der Waals surface area contributed by atoms with Gasteiger partial charge in [-0.3, -0.25) is 0 Å². The summed E-state index contributed by atoms with van der Waals surface area (Å²) >= 11 is 9.36. The molecule has 0 heterocycles. The van der Waals surface area contributed by atoms with Crippen molar-refractivity contribution in [2.24, 2.45) is 0 Å². The molecule has 0 atom stereocenters. The summed E-state index contributed by atoms with van der Waals surface area (Å²) in [6.07, 6.45) is 0.765. The molecule has 0 bridgehead atoms. The molecule has 0 aliphatic carbocycles. The van der Waals surface area contributed by atoms with E-state index in [-0.39, 0.29) is 9.92 Å². The lowest BCUT2D eigenvalue weighted by Gasteiger charge is -2.23. The van der Waals surface area contributed by atoms with Crippen LogP contribution in [0.15, 0.2) is 27.6 Å². The van der Waals surface area contributed by atoms with Crippen LogP contribution in [-0.4, -0.2) is 51.4 Å². The Morgan fingerprint density at radius 2 is 1.85 bits per heavy atom. The van der Waals surface area contributed by atoms with Crippen LogP contribution in [-0.2, 0) is 10.0 Å². The minimum atomic E-state index is -3.55. The summed E-state index contributed by atoms with van der Waals surface area (Å²) in [7, 11) is 0.288. The molecule has 0 aliphatic heterocycles. The quantitative estimate of drug-likeness (QED) is 0.726. The van der Waals surface area contributed by atoms with Gasteiger partial charge in [-0.05, 0) is 38.7 Å². The molecule has 0 aliphatic rings. The third kappa shape index (κ3) is 4.70. The highest BCUT2D eigenvalue weighted by molar-refractivity contribution is 9.10. The zero-order chi connectivity index (χ0) is 15.3. The topological polar surface area (TPSA) is 40.6 Å². The zero-order valence-electron chi connectivity index (χ0n) is 11.9. The highest BCUT2D eigenvalue weighted by Gasteiger charge is 2.26. The lowest BCUT2D eigenvalue weighted by atomic mass is 10.4. The Balaban J connectivity index is 3.08. The zero-order valence-corrected chi connectivity index (χ0v) is 15.1. The van der Waals surface area contributed by atoms with Crippen LogP contribution in [0.1, 0.15) is 13.3 Å². The van der Waals surface area contributed by atoms with Crippen molar-refractivity contribution >= 4 is 37.6 Å². The fourth-order valence-electron chi connectivity index (χ4n) is 1.74. The van der Waals surface area contributed by atoms with Crippen LogP contribution < -0.4 is 0 Å². The summed E-state index contributed by atoms with van der Waals surface area (Å²) in [6, 6.07) is 4.83. The van der Waals surface area contributed by atoms with Gasteiger partial charge in [0.1, 0.15) is 4.90 Å². The van der Waals surface area contributed by atoms with Crippen LogP contribution in [0.25, 0.3) is 0 Å². The SMILES string of the molecule is CCCN(CCN(C)C)S(=O)(=O)c1ccc(Br)cc1Cl. The van der Waals surface area contributed by atoms with Gasteiger partial charge in [-0.1, -0.05) is 34.5 Å². The van der Waals surface area contributed by atoms with Gasteiger partial charge in [0, 0.05) is 24.1 Å². The minimum Gasteiger partial charge on any atom is -0.308 e. The van der Waals surface area contributed by atoms with E-state index in [1.807, 2.05) is 25.9 Å². The van der Waals surface area contributed by atoms with Gasteiger partial charge in [-0.25, -0.2) is 8.42 Å². The molecular weight excluding hydrogens is 364 g/mol. The van der Waals surface area contributed by atoms with Crippen LogP contribution in [0, 0.1) is 0 Å². The number of halogens is 2. The molecular formula is C13H20BrClN2O2S. The first-order valence-corrected chi connectivity index (χ1v) is 9.00. The molecule has 1 aromatic carbocycles. The molecule has 0 N–H and O–H groups in total. The number of benzene rings is 1. The number of hydrogen-bond acceptors (Lipinski definition) is 3. The fraction of sp³-hybridized carbons (Fsp3) is 0.538. The number of hydrogen-bond donors (Lipinski definition) is 0. The Bertz CT molecular complexity index is 549. The normalized spacial score (nSPS) is 12.3. The summed E-state index contributed by atoms with van der Waals surface area (Å²) in [6.45, 7) is 3.58. The Kier molecular flexibility index (Phi) is 6.94. The molecule has 0 aromatic heterocycles. The molecule has 0 radical (unpaired) electrons. The minimum absolute atomic E-state index is 0.162. The highest BCUT2D eigenvalue weighted by atomic mass is 79.9. The first-order valence-electron chi connectivity index (χ1n) is 6.39. The van der Waals surface area contributed by atoms with Crippen LogP contribution in [0.4, 0.5) is 0 Å². The van der Waals surface area contributed by atoms with Crippen molar-refractivity contribution in [3.63, 3.8) is 0 Å². The average molecular weight is 384 g/mol. The maximum Gasteiger partial charge on any atom is 0.244 e. The summed E-state index contributed by atoms with van der Waals surface area (Å²) in [5, 5.41) is 0.241. The second kappa shape index (κ2) is 7.75. The molecule has 20 heavy (non-hydrogen) atoms. The molecule has 0 unspecified atom stereocenters. The van der Waals surface area contributed by atoms with Gasteiger partial charge >= 0.3 is 0 Å². The molecule has 0 amide bonds. The largest absolute Gasteiger partial charge is 0.308 e. The second-order valence-corrected chi connectivity index (χ2v) is 8.01. The van der Waals surface area contributed by atoms with Crippen molar-refractivity contribution in [3.05, 3.63) is 27.7 Å². The Labute approximate surface area is 134 Å². The Morgan fingerprint density at radius 1 is 1.20 bits per heavy atom. The molecule has 114 valence electrons. The third-order valence-electron chi connectivity index (χ3n) is 2.78. The van der Waals surface area contributed by atoms with Crippen molar-refractivity contribution in [1.82, 2.24) is 9.21 Å². The van der Waals surface area contributed by atoms with Crippen molar-refractivity contribution < 1.29 is 8.42 Å². The van der Waals surface area contributed by atoms with Gasteiger partial charge in [0.05, 0.1) is 5.02 Å². The number of rotatable bonds is 7. The summed E-state index contributed by atoms with van der Waals surface area (Å²) in [4.78, 5) is 2.12. The molecule has 1 rings (SSSR count). The molecule has 1 aromatic rings. The predicted molar refractivity (Wildman–Crippen MR) is 86.8 cm³/mol. The fourth-order valence-corrected chi connectivity index (χ4v) is 4.27. The monoisotopic (exact) mass is 382 g/mol. The van der Waals surface area contributed by atoms with E-state index in [0.29, 0.717) is 19.6 Å². The molecule has 0 saturated heterocycles. The Morgan fingerprint density at radius 3 is 2.35 bits per heavy atom. The van der Waals surface area contributed by atoms with Gasteiger partial charge in [0.2, 0.25) is 10.0 Å². The summed E-state index contributed by atoms with van der Waals surface area (Å²) in [5.41, 5.74) is 0. The van der Waals surface area contributed by atoms with E-state index in [9.17, 15) is 8.42 Å². The molecule has 0 fully saturated rings. The van der Waals surface area contributed by atoms with Gasteiger partial charge in [0.25, 0.3) is 0 Å². The summed E-state index contributed by atoms with van der Waals surface area (Å²) < 4.78 is 27.6. The summed E-state index contributed by atoms with van der Waals surface area (Å²) in [5.74, 6) is 0. The number of nitrogens with zero attached hydrogens (tertiary/aromatic N) is 2. The van der Waals surface area contributed by atoms with E-state index in [0.717, 1.165) is 10.9 Å². The smallest absolute Gasteiger partial charge is 0.244 e. The lowest BCUT2D eigenvalue weighted by Crippen LogP contribution is -2.37. The van der Waals surface area contributed by atoms with Gasteiger partial charge < -0.3 is 4.90 Å². The molecule has 7 heteroatoms. The molecule has 0 spiro atoms. The number of likely N-dealkylation sites (N-methyl/N-ethyl adjacent to an activating group) is 1. The van der Waals surface area contributed by atoms with Crippen molar-refractivity contribution in [2.75, 3.05) is 33.7 Å². The predicted octanol–water partition coefficient (Wildman–Crippen LogP) is 3.06. The standard InChI is InChI=1S/C13H20BrClN2O2S/c1-4-7-17(9-8-16(2)3)20(18,19)13-6-5-11(14)10-12(13)15/h5-6,10H,4,7-9H2,1-3H3. The van der Waals surface area contributed by atoms with E-state index < -0.39 is 10.0 Å². The van der Waals surface area contributed by atoms with Crippen molar-refractivity contribution in [2.45, 2.75) is 18.2 Å². The highest BCUT2D eigenvalue weighted by Crippen LogP contribution is 2.27. The lowest BCUT2D eigenvalue weighted by molar-refractivity contribution is 0.333. The van der Waals surface area contributed by atoms with Crippen molar-refractivity contribution in [3.8, 4) is 0 Å². The van der Waals surface area contributed by atoms with Gasteiger partial charge in [0.15, 0.2) is 0 Å². The van der Waals surface area contributed by atoms with Crippen LogP contribution in [0.3, 0.4) is 0 Å². The van der Waals surface area contributed by atoms with E-state index in [4.69, 9.17) is 11.6 Å². The first kappa shape index (κ1) is 17.9. The van der Waals surface area contributed by atoms with Crippen molar-refractivity contribution in [1.29, 1.82) is 0 Å². The number of sulfonamides is 1. The third-order valence-corrected chi connectivity index (χ3v) is 5.66. The van der Waals surface area contributed by atoms with E-state index >= 15 is 0 Å². The maximum atomic E-state index is 12.7. The Hall–Kier alpha value is -0.140. The van der Waals surface area contributed by atoms with E-state index in [2.05, 4.69) is 15.9 Å². The van der Waals surface area contributed by atoms with Crippen LogP contribution in [0.5, 0.6) is 0 Å². The maximum absolute atomic E-state index is 12.7. The van der Waals surface area contributed by atoms with Crippen LogP contribution >= 0.6 is 27.5 Å². The van der Waals surface area contributed by atoms with E-state index in [1.165, 1.54) is 4.31 Å². The van der Waals surface area contributed by atoms with Gasteiger partial charge in [-0.15, -0.1) is 0 Å². The molecule has 0 saturated carbocycles. The first-order chi connectivity index (χ1) is 9.28. The van der Waals surface area contributed by atoms with Gasteiger partial charge in [-0.2, -0.15) is 4.31 Å². The molecule has 4 nitrogen and oxygen atoms in total. The van der Waals surface area contributed by atoms with Crippen LogP contribution in [0.2, 0.25) is 5.02 Å². The second-order valence-electron chi connectivity index (χ2n) is 4.78. The average Bonchev–Trinajstić information content (AvgIpc) is 2.33.